The molecule has 34 heavy (non-hydrogen) atoms. The Hall–Kier alpha value is -3.49. The van der Waals surface area contributed by atoms with Crippen LogP contribution in [0.5, 0.6) is 0 Å². The first kappa shape index (κ1) is 23.7. The van der Waals surface area contributed by atoms with Crippen molar-refractivity contribution >= 4 is 41.0 Å². The van der Waals surface area contributed by atoms with Gasteiger partial charge < -0.3 is 10.6 Å². The maximum absolute atomic E-state index is 14.2. The van der Waals surface area contributed by atoms with Crippen LogP contribution in [0.4, 0.5) is 20.7 Å². The summed E-state index contributed by atoms with van der Waals surface area (Å²) in [6.07, 6.45) is 0.0674. The maximum Gasteiger partial charge on any atom is 0.254 e. The molecular formula is C24H19Cl2F2N5O. The van der Waals surface area contributed by atoms with E-state index in [2.05, 4.69) is 20.7 Å². The molecule has 0 spiro atoms. The number of carbonyl (C=O) groups is 1. The topological polar surface area (TPSA) is 71.8 Å². The van der Waals surface area contributed by atoms with Gasteiger partial charge in [0.2, 0.25) is 11.9 Å². The highest BCUT2D eigenvalue weighted by Gasteiger charge is 2.18. The molecule has 6 nitrogen and oxygen atoms in total. The van der Waals surface area contributed by atoms with Gasteiger partial charge in [-0.3, -0.25) is 4.79 Å². The van der Waals surface area contributed by atoms with Crippen LogP contribution in [-0.2, 0) is 19.5 Å². The van der Waals surface area contributed by atoms with Crippen LogP contribution in [0.15, 0.2) is 66.7 Å². The van der Waals surface area contributed by atoms with Crippen molar-refractivity contribution in [1.82, 2.24) is 14.8 Å². The molecule has 4 rings (SSSR count). The van der Waals surface area contributed by atoms with Gasteiger partial charge in [-0.05, 0) is 29.8 Å². The van der Waals surface area contributed by atoms with Gasteiger partial charge in [0, 0.05) is 34.3 Å². The Kier molecular flexibility index (Phi) is 7.40. The highest BCUT2D eigenvalue weighted by atomic mass is 35.5. The lowest BCUT2D eigenvalue weighted by atomic mass is 10.1. The van der Waals surface area contributed by atoms with Crippen LogP contribution in [0, 0.1) is 11.6 Å². The minimum absolute atomic E-state index is 0.000970. The predicted octanol–water partition coefficient (Wildman–Crippen LogP) is 5.97. The first-order chi connectivity index (χ1) is 16.4. The molecule has 1 aromatic heterocycles. The largest absolute Gasteiger partial charge is 0.350 e. The summed E-state index contributed by atoms with van der Waals surface area (Å²) in [6.45, 7) is -0.0254. The molecule has 0 fully saturated rings. The van der Waals surface area contributed by atoms with Gasteiger partial charge in [0.15, 0.2) is 0 Å². The molecule has 0 bridgehead atoms. The van der Waals surface area contributed by atoms with E-state index in [4.69, 9.17) is 23.2 Å². The Bertz CT molecular complexity index is 1270. The fraction of sp³-hybridized carbons (Fsp3) is 0.125. The molecule has 3 aromatic carbocycles. The minimum Gasteiger partial charge on any atom is -0.350 e. The van der Waals surface area contributed by atoms with Crippen LogP contribution in [0.3, 0.4) is 0 Å². The Balaban J connectivity index is 1.58. The summed E-state index contributed by atoms with van der Waals surface area (Å²) in [6, 6.07) is 17.9. The number of anilines is 2. The Labute approximate surface area is 204 Å². The smallest absolute Gasteiger partial charge is 0.254 e. The highest BCUT2D eigenvalue weighted by molar-refractivity contribution is 6.31. The number of carbonyl (C=O) groups excluding carboxylic acids is 1. The molecule has 0 amide bonds. The first-order valence-corrected chi connectivity index (χ1v) is 11.1. The molecule has 0 aliphatic heterocycles. The zero-order valence-corrected chi connectivity index (χ0v) is 19.2. The van der Waals surface area contributed by atoms with E-state index in [9.17, 15) is 13.6 Å². The second-order valence-electron chi connectivity index (χ2n) is 7.33. The standard InChI is InChI=1S/C24H19Cl2F2N5O/c25-18-8-4-10-20(27)16(18)13-29-23-31-24(30-14-17-19(26)9-5-11-21(17)28)33(32-23)22(34)12-15-6-2-1-3-7-15/h1-11H,12-14H2,(H2,29,30,31,32). The lowest BCUT2D eigenvalue weighted by Crippen LogP contribution is -2.19. The lowest BCUT2D eigenvalue weighted by molar-refractivity contribution is 0.0901. The van der Waals surface area contributed by atoms with E-state index in [1.54, 1.807) is 12.1 Å². The van der Waals surface area contributed by atoms with Crippen molar-refractivity contribution in [1.29, 1.82) is 0 Å². The average Bonchev–Trinajstić information content (AvgIpc) is 3.22. The number of benzene rings is 3. The number of hydrogen-bond acceptors (Lipinski definition) is 5. The van der Waals surface area contributed by atoms with Gasteiger partial charge in [-0.1, -0.05) is 65.7 Å². The molecule has 174 valence electrons. The van der Waals surface area contributed by atoms with Gasteiger partial charge in [-0.25, -0.2) is 8.78 Å². The monoisotopic (exact) mass is 501 g/mol. The molecule has 4 aromatic rings. The molecule has 0 atom stereocenters. The van der Waals surface area contributed by atoms with Gasteiger partial charge in [0.05, 0.1) is 6.42 Å². The molecule has 1 heterocycles. The fourth-order valence-corrected chi connectivity index (χ4v) is 3.72. The maximum atomic E-state index is 14.2. The van der Waals surface area contributed by atoms with Crippen molar-refractivity contribution in [2.24, 2.45) is 0 Å². The van der Waals surface area contributed by atoms with Crippen molar-refractivity contribution in [3.8, 4) is 0 Å². The van der Waals surface area contributed by atoms with E-state index < -0.39 is 11.6 Å². The number of hydrogen-bond donors (Lipinski definition) is 2. The third-order valence-electron chi connectivity index (χ3n) is 5.01. The van der Waals surface area contributed by atoms with Crippen LogP contribution in [0.25, 0.3) is 0 Å². The highest BCUT2D eigenvalue weighted by Crippen LogP contribution is 2.22. The summed E-state index contributed by atoms with van der Waals surface area (Å²) in [5.74, 6) is -1.18. The van der Waals surface area contributed by atoms with Crippen molar-refractivity contribution in [3.63, 3.8) is 0 Å². The molecule has 0 saturated carbocycles. The predicted molar refractivity (Wildman–Crippen MR) is 128 cm³/mol. The van der Waals surface area contributed by atoms with Crippen molar-refractivity contribution in [2.45, 2.75) is 19.5 Å². The first-order valence-electron chi connectivity index (χ1n) is 10.3. The number of rotatable bonds is 8. The van der Waals surface area contributed by atoms with Gasteiger partial charge in [0.25, 0.3) is 5.91 Å². The van der Waals surface area contributed by atoms with Gasteiger partial charge in [-0.2, -0.15) is 9.67 Å². The Morgan fingerprint density at radius 2 is 1.41 bits per heavy atom. The van der Waals surface area contributed by atoms with E-state index in [-0.39, 0.29) is 58.5 Å². The lowest BCUT2D eigenvalue weighted by Gasteiger charge is -2.09. The Morgan fingerprint density at radius 3 is 2.00 bits per heavy atom. The van der Waals surface area contributed by atoms with Crippen LogP contribution in [-0.4, -0.2) is 20.7 Å². The number of nitrogens with zero attached hydrogens (tertiary/aromatic N) is 3. The minimum atomic E-state index is -0.491. The molecule has 0 radical (unpaired) electrons. The second kappa shape index (κ2) is 10.6. The quantitative estimate of drug-likeness (QED) is 0.311. The number of nitrogens with one attached hydrogen (secondary N) is 2. The molecule has 0 aliphatic carbocycles. The summed E-state index contributed by atoms with van der Waals surface area (Å²) >= 11 is 12.2. The fourth-order valence-electron chi connectivity index (χ4n) is 3.26. The van der Waals surface area contributed by atoms with Crippen LogP contribution in [0.2, 0.25) is 10.0 Å². The van der Waals surface area contributed by atoms with Crippen molar-refractivity contribution in [2.75, 3.05) is 10.6 Å². The average molecular weight is 502 g/mol. The number of halogens is 4. The van der Waals surface area contributed by atoms with Crippen LogP contribution in [0.1, 0.15) is 21.5 Å². The Morgan fingerprint density at radius 1 is 0.824 bits per heavy atom. The van der Waals surface area contributed by atoms with E-state index in [0.29, 0.717) is 0 Å². The van der Waals surface area contributed by atoms with Gasteiger partial charge >= 0.3 is 0 Å². The molecule has 0 saturated heterocycles. The third-order valence-corrected chi connectivity index (χ3v) is 5.72. The van der Waals surface area contributed by atoms with Crippen LogP contribution >= 0.6 is 23.2 Å². The summed E-state index contributed by atoms with van der Waals surface area (Å²) in [5.41, 5.74) is 1.25. The molecule has 2 N–H and O–H groups in total. The van der Waals surface area contributed by atoms with Gasteiger partial charge in [-0.15, -0.1) is 5.10 Å². The van der Waals surface area contributed by atoms with Crippen LogP contribution < -0.4 is 10.6 Å². The van der Waals surface area contributed by atoms with Crippen molar-refractivity contribution < 1.29 is 13.6 Å². The zero-order valence-electron chi connectivity index (χ0n) is 17.7. The van der Waals surface area contributed by atoms with Crippen molar-refractivity contribution in [3.05, 3.63) is 105 Å². The SMILES string of the molecule is O=C(Cc1ccccc1)n1nc(NCc2c(F)cccc2Cl)nc1NCc1c(F)cccc1Cl. The summed E-state index contributed by atoms with van der Waals surface area (Å²) in [4.78, 5) is 17.3. The zero-order chi connectivity index (χ0) is 24.1. The summed E-state index contributed by atoms with van der Waals surface area (Å²) in [5, 5.41) is 10.5. The van der Waals surface area contributed by atoms with Gasteiger partial charge in [0.1, 0.15) is 11.6 Å². The van der Waals surface area contributed by atoms with E-state index in [0.717, 1.165) is 10.2 Å². The number of aromatic nitrogens is 3. The molecule has 0 aliphatic rings. The van der Waals surface area contributed by atoms with E-state index >= 15 is 0 Å². The summed E-state index contributed by atoms with van der Waals surface area (Å²) in [7, 11) is 0. The normalized spacial score (nSPS) is 10.8. The molecule has 10 heteroatoms. The van der Waals surface area contributed by atoms with E-state index in [1.165, 1.54) is 24.3 Å². The molecule has 0 unspecified atom stereocenters. The molecular weight excluding hydrogens is 483 g/mol. The summed E-state index contributed by atoms with van der Waals surface area (Å²) < 4.78 is 29.4. The second-order valence-corrected chi connectivity index (χ2v) is 8.15. The third kappa shape index (κ3) is 5.52. The van der Waals surface area contributed by atoms with E-state index in [1.807, 2.05) is 30.3 Å².